The first-order valence-electron chi connectivity index (χ1n) is 3.81. The molecule has 1 aromatic carbocycles. The predicted octanol–water partition coefficient (Wildman–Crippen LogP) is 0.873. The van der Waals surface area contributed by atoms with Crippen LogP contribution in [0, 0.1) is 0 Å². The first-order chi connectivity index (χ1) is 6.38. The van der Waals surface area contributed by atoms with Gasteiger partial charge in [0, 0.05) is 5.56 Å². The van der Waals surface area contributed by atoms with Gasteiger partial charge in [0.2, 0.25) is 6.41 Å². The zero-order chi connectivity index (χ0) is 9.52. The molecular weight excluding hydrogens is 170 g/mol. The molecule has 0 unspecified atom stereocenters. The summed E-state index contributed by atoms with van der Waals surface area (Å²) in [5.74, 6) is 0.746. The number of para-hydroxylation sites is 1. The zero-order valence-corrected chi connectivity index (χ0v) is 7.32. The highest BCUT2D eigenvalue weighted by Gasteiger charge is 2.00. The fourth-order valence-corrected chi connectivity index (χ4v) is 0.976. The molecule has 13 heavy (non-hydrogen) atoms. The molecule has 0 spiro atoms. The Kier molecular flexibility index (Phi) is 3.78. The van der Waals surface area contributed by atoms with Gasteiger partial charge in [-0.05, 0) is 6.07 Å². The molecular formula is C9H11NO3. The van der Waals surface area contributed by atoms with E-state index in [0.717, 1.165) is 11.3 Å². The number of hydrogen-bond donors (Lipinski definition) is 1. The number of methoxy groups -OCH3 is 1. The van der Waals surface area contributed by atoms with Crippen LogP contribution in [0.2, 0.25) is 0 Å². The third kappa shape index (κ3) is 2.76. The summed E-state index contributed by atoms with van der Waals surface area (Å²) in [6.07, 6.45) is 0.482. The molecule has 0 aliphatic carbocycles. The van der Waals surface area contributed by atoms with Crippen molar-refractivity contribution in [1.82, 2.24) is 5.48 Å². The molecule has 0 bridgehead atoms. The van der Waals surface area contributed by atoms with E-state index in [4.69, 9.17) is 9.57 Å². The van der Waals surface area contributed by atoms with Crippen molar-refractivity contribution in [1.29, 1.82) is 0 Å². The van der Waals surface area contributed by atoms with E-state index in [1.807, 2.05) is 24.3 Å². The van der Waals surface area contributed by atoms with E-state index >= 15 is 0 Å². The second-order valence-corrected chi connectivity index (χ2v) is 2.34. The highest BCUT2D eigenvalue weighted by Crippen LogP contribution is 2.17. The van der Waals surface area contributed by atoms with Crippen LogP contribution in [0.5, 0.6) is 5.75 Å². The lowest BCUT2D eigenvalue weighted by Gasteiger charge is -2.06. The van der Waals surface area contributed by atoms with Crippen molar-refractivity contribution in [3.05, 3.63) is 29.8 Å². The van der Waals surface area contributed by atoms with Crippen LogP contribution >= 0.6 is 0 Å². The Bertz CT molecular complexity index is 275. The minimum atomic E-state index is 0.294. The van der Waals surface area contributed by atoms with Gasteiger partial charge in [-0.25, -0.2) is 5.48 Å². The fourth-order valence-electron chi connectivity index (χ4n) is 0.976. The highest BCUT2D eigenvalue weighted by molar-refractivity contribution is 5.43. The molecule has 70 valence electrons. The van der Waals surface area contributed by atoms with Gasteiger partial charge in [0.1, 0.15) is 12.4 Å². The lowest BCUT2D eigenvalue weighted by molar-refractivity contribution is -0.121. The van der Waals surface area contributed by atoms with Crippen molar-refractivity contribution in [2.24, 2.45) is 0 Å². The van der Waals surface area contributed by atoms with E-state index < -0.39 is 0 Å². The smallest absolute Gasteiger partial charge is 0.230 e. The summed E-state index contributed by atoms with van der Waals surface area (Å²) >= 11 is 0. The summed E-state index contributed by atoms with van der Waals surface area (Å²) in [7, 11) is 1.59. The van der Waals surface area contributed by atoms with Gasteiger partial charge in [-0.15, -0.1) is 0 Å². The van der Waals surface area contributed by atoms with Crippen LogP contribution in [0.4, 0.5) is 0 Å². The van der Waals surface area contributed by atoms with Crippen molar-refractivity contribution in [3.63, 3.8) is 0 Å². The monoisotopic (exact) mass is 181 g/mol. The van der Waals surface area contributed by atoms with Gasteiger partial charge in [-0.3, -0.25) is 9.63 Å². The molecule has 4 nitrogen and oxygen atoms in total. The van der Waals surface area contributed by atoms with E-state index in [1.54, 1.807) is 7.11 Å². The first-order valence-corrected chi connectivity index (χ1v) is 3.81. The number of ether oxygens (including phenoxy) is 1. The number of benzene rings is 1. The molecule has 1 N–H and O–H groups in total. The van der Waals surface area contributed by atoms with Crippen LogP contribution in [0.25, 0.3) is 0 Å². The molecule has 0 atom stereocenters. The second-order valence-electron chi connectivity index (χ2n) is 2.34. The van der Waals surface area contributed by atoms with Gasteiger partial charge in [0.15, 0.2) is 0 Å². The van der Waals surface area contributed by atoms with E-state index in [2.05, 4.69) is 5.48 Å². The molecule has 0 aliphatic heterocycles. The Balaban J connectivity index is 2.58. The topological polar surface area (TPSA) is 47.6 Å². The summed E-state index contributed by atoms with van der Waals surface area (Å²) in [6.45, 7) is 0.294. The number of hydroxylamine groups is 1. The largest absolute Gasteiger partial charge is 0.496 e. The van der Waals surface area contributed by atoms with Crippen LogP contribution in [0.3, 0.4) is 0 Å². The third-order valence-corrected chi connectivity index (χ3v) is 1.55. The molecule has 0 saturated carbocycles. The van der Waals surface area contributed by atoms with E-state index in [-0.39, 0.29) is 0 Å². The molecule has 0 radical (unpaired) electrons. The summed E-state index contributed by atoms with van der Waals surface area (Å²) < 4.78 is 5.08. The number of amides is 1. The molecule has 0 saturated heterocycles. The zero-order valence-electron chi connectivity index (χ0n) is 7.32. The van der Waals surface area contributed by atoms with Gasteiger partial charge in [-0.2, -0.15) is 0 Å². The molecule has 0 aromatic heterocycles. The number of carbonyl (C=O) groups is 1. The summed E-state index contributed by atoms with van der Waals surface area (Å²) in [6, 6.07) is 7.45. The molecule has 0 aliphatic rings. The Morgan fingerprint density at radius 3 is 2.92 bits per heavy atom. The van der Waals surface area contributed by atoms with Crippen LogP contribution in [-0.4, -0.2) is 13.5 Å². The van der Waals surface area contributed by atoms with Crippen LogP contribution in [0.1, 0.15) is 5.56 Å². The maximum Gasteiger partial charge on any atom is 0.230 e. The van der Waals surface area contributed by atoms with Crippen molar-refractivity contribution in [2.45, 2.75) is 6.61 Å². The molecule has 1 rings (SSSR count). The average molecular weight is 181 g/mol. The SMILES string of the molecule is COc1ccccc1CONC=O. The van der Waals surface area contributed by atoms with Gasteiger partial charge < -0.3 is 4.74 Å². The molecule has 0 heterocycles. The first kappa shape index (κ1) is 9.54. The van der Waals surface area contributed by atoms with Gasteiger partial charge in [0.25, 0.3) is 0 Å². The van der Waals surface area contributed by atoms with Crippen LogP contribution < -0.4 is 10.2 Å². The van der Waals surface area contributed by atoms with E-state index in [1.165, 1.54) is 0 Å². The molecule has 0 fully saturated rings. The minimum Gasteiger partial charge on any atom is -0.496 e. The van der Waals surface area contributed by atoms with Crippen molar-refractivity contribution in [2.75, 3.05) is 7.11 Å². The van der Waals surface area contributed by atoms with Gasteiger partial charge in [0.05, 0.1) is 7.11 Å². The quantitative estimate of drug-likeness (QED) is 0.416. The maximum absolute atomic E-state index is 9.88. The van der Waals surface area contributed by atoms with Crippen molar-refractivity contribution < 1.29 is 14.4 Å². The lowest BCUT2D eigenvalue weighted by atomic mass is 10.2. The Labute approximate surface area is 76.4 Å². The Morgan fingerprint density at radius 2 is 2.23 bits per heavy atom. The summed E-state index contributed by atoms with van der Waals surface area (Å²) in [5, 5.41) is 0. The number of nitrogens with one attached hydrogen (secondary N) is 1. The number of hydrogen-bond acceptors (Lipinski definition) is 3. The molecule has 1 amide bonds. The van der Waals surface area contributed by atoms with Gasteiger partial charge >= 0.3 is 0 Å². The van der Waals surface area contributed by atoms with E-state index in [9.17, 15) is 4.79 Å². The van der Waals surface area contributed by atoms with Crippen molar-refractivity contribution in [3.8, 4) is 5.75 Å². The van der Waals surface area contributed by atoms with Crippen LogP contribution in [0.15, 0.2) is 24.3 Å². The van der Waals surface area contributed by atoms with Crippen LogP contribution in [-0.2, 0) is 16.2 Å². The number of rotatable bonds is 5. The highest BCUT2D eigenvalue weighted by atomic mass is 16.6. The normalized spacial score (nSPS) is 9.31. The molecule has 1 aromatic rings. The Morgan fingerprint density at radius 1 is 1.46 bits per heavy atom. The molecule has 4 heteroatoms. The Hall–Kier alpha value is -1.55. The average Bonchev–Trinajstić information content (AvgIpc) is 2.19. The van der Waals surface area contributed by atoms with E-state index in [0.29, 0.717) is 13.0 Å². The maximum atomic E-state index is 9.88. The van der Waals surface area contributed by atoms with Crippen molar-refractivity contribution >= 4 is 6.41 Å². The standard InChI is InChI=1S/C9H11NO3/c1-12-9-5-3-2-4-8(9)6-13-10-7-11/h2-5,7H,6H2,1H3,(H,10,11). The van der Waals surface area contributed by atoms with Gasteiger partial charge in [-0.1, -0.05) is 18.2 Å². The number of carbonyl (C=O) groups excluding carboxylic acids is 1. The second kappa shape index (κ2) is 5.16. The summed E-state index contributed by atoms with van der Waals surface area (Å²) in [4.78, 5) is 14.7. The third-order valence-electron chi connectivity index (χ3n) is 1.55. The minimum absolute atomic E-state index is 0.294. The summed E-state index contributed by atoms with van der Waals surface area (Å²) in [5.41, 5.74) is 3.00. The fraction of sp³-hybridized carbons (Fsp3) is 0.222. The predicted molar refractivity (Wildman–Crippen MR) is 47.0 cm³/mol. The lowest BCUT2D eigenvalue weighted by Crippen LogP contribution is -2.11.